The molecule has 2 N–H and O–H groups in total. The van der Waals surface area contributed by atoms with Crippen LogP contribution in [0.3, 0.4) is 0 Å². The number of carbonyl (C=O) groups is 1. The van der Waals surface area contributed by atoms with E-state index >= 15 is 0 Å². The molecule has 1 aliphatic rings. The Morgan fingerprint density at radius 2 is 1.77 bits per heavy atom. The smallest absolute Gasteiger partial charge is 0.315 e. The van der Waals surface area contributed by atoms with Crippen molar-refractivity contribution in [3.63, 3.8) is 0 Å². The van der Waals surface area contributed by atoms with Crippen molar-refractivity contribution in [3.05, 3.63) is 65.2 Å². The molecule has 2 aromatic rings. The first-order valence-electron chi connectivity index (χ1n) is 8.31. The number of ether oxygens (including phenoxy) is 1. The average molecular weight is 394 g/mol. The Bertz CT molecular complexity index is 899. The van der Waals surface area contributed by atoms with E-state index in [-0.39, 0.29) is 18.0 Å². The molecule has 0 spiro atoms. The van der Waals surface area contributed by atoms with Gasteiger partial charge in [0.05, 0.1) is 16.8 Å². The fraction of sp³-hybridized carbons (Fsp3) is 0.316. The highest BCUT2D eigenvalue weighted by molar-refractivity contribution is 7.92. The third-order valence-electron chi connectivity index (χ3n) is 4.88. The molecule has 26 heavy (non-hydrogen) atoms. The molecule has 0 radical (unpaired) electrons. The number of hydrogen-bond acceptors (Lipinski definition) is 5. The van der Waals surface area contributed by atoms with Gasteiger partial charge in [0.2, 0.25) is 0 Å². The van der Waals surface area contributed by atoms with Gasteiger partial charge in [0, 0.05) is 17.5 Å². The number of hydrogen-bond donors (Lipinski definition) is 1. The number of carbonyl (C=O) groups excluding carboxylic acids is 1. The molecule has 1 aliphatic carbocycles. The van der Waals surface area contributed by atoms with E-state index < -0.39 is 32.4 Å². The Morgan fingerprint density at radius 3 is 2.31 bits per heavy atom. The van der Waals surface area contributed by atoms with Crippen LogP contribution in [0.1, 0.15) is 18.4 Å². The highest BCUT2D eigenvalue weighted by atomic mass is 35.5. The minimum atomic E-state index is -3.77. The summed E-state index contributed by atoms with van der Waals surface area (Å²) in [7, 11) is -3.77. The summed E-state index contributed by atoms with van der Waals surface area (Å²) in [5.74, 6) is -1.15. The highest BCUT2D eigenvalue weighted by Crippen LogP contribution is 2.64. The van der Waals surface area contributed by atoms with Gasteiger partial charge in [-0.25, -0.2) is 8.42 Å². The van der Waals surface area contributed by atoms with Crippen molar-refractivity contribution in [1.82, 2.24) is 0 Å². The van der Waals surface area contributed by atoms with E-state index in [1.165, 1.54) is 12.1 Å². The zero-order valence-electron chi connectivity index (χ0n) is 14.3. The first-order chi connectivity index (χ1) is 12.4. The van der Waals surface area contributed by atoms with Crippen molar-refractivity contribution in [1.29, 1.82) is 0 Å². The maximum Gasteiger partial charge on any atom is 0.315 e. The second-order valence-corrected chi connectivity index (χ2v) is 8.78. The molecule has 0 amide bonds. The predicted octanol–water partition coefficient (Wildman–Crippen LogP) is 2.79. The second-order valence-electron chi connectivity index (χ2n) is 6.27. The van der Waals surface area contributed by atoms with Crippen molar-refractivity contribution in [3.8, 4) is 0 Å². The van der Waals surface area contributed by atoms with Gasteiger partial charge in [0.15, 0.2) is 9.84 Å². The molecule has 1 fully saturated rings. The lowest BCUT2D eigenvalue weighted by atomic mass is 9.99. The quantitative estimate of drug-likeness (QED) is 0.762. The molecular formula is C19H20ClNO4S. The zero-order chi connectivity index (χ0) is 18.9. The number of benzene rings is 2. The van der Waals surface area contributed by atoms with E-state index in [4.69, 9.17) is 22.1 Å². The highest BCUT2D eigenvalue weighted by Gasteiger charge is 2.75. The Kier molecular flexibility index (Phi) is 5.10. The maximum atomic E-state index is 13.2. The van der Waals surface area contributed by atoms with Gasteiger partial charge >= 0.3 is 5.97 Å². The van der Waals surface area contributed by atoms with E-state index in [0.717, 1.165) is 0 Å². The first-order valence-corrected chi connectivity index (χ1v) is 10.2. The number of esters is 1. The summed E-state index contributed by atoms with van der Waals surface area (Å²) in [4.78, 5) is 12.9. The van der Waals surface area contributed by atoms with Crippen molar-refractivity contribution < 1.29 is 17.9 Å². The van der Waals surface area contributed by atoms with Crippen LogP contribution < -0.4 is 5.73 Å². The molecule has 0 aliphatic heterocycles. The van der Waals surface area contributed by atoms with Gasteiger partial charge in [0.25, 0.3) is 0 Å². The summed E-state index contributed by atoms with van der Waals surface area (Å²) >= 11 is 5.94. The van der Waals surface area contributed by atoms with Gasteiger partial charge in [-0.3, -0.25) is 4.79 Å². The summed E-state index contributed by atoms with van der Waals surface area (Å²) in [6.07, 6.45) is 0. The Morgan fingerprint density at radius 1 is 1.15 bits per heavy atom. The molecule has 1 saturated carbocycles. The number of halogens is 1. The number of sulfone groups is 1. The van der Waals surface area contributed by atoms with Crippen LogP contribution in [0, 0.1) is 5.41 Å². The van der Waals surface area contributed by atoms with E-state index in [9.17, 15) is 13.2 Å². The van der Waals surface area contributed by atoms with Gasteiger partial charge in [-0.1, -0.05) is 41.9 Å². The van der Waals surface area contributed by atoms with E-state index in [2.05, 4.69) is 0 Å². The SMILES string of the molecule is CCOC(=O)[C@@]1(CN)[C@@H](c2ccc(Cl)cc2)[C@@H]1S(=O)(=O)c1ccccc1. The van der Waals surface area contributed by atoms with E-state index in [1.54, 1.807) is 49.4 Å². The number of nitrogens with two attached hydrogens (primary N) is 1. The third-order valence-corrected chi connectivity index (χ3v) is 7.43. The summed E-state index contributed by atoms with van der Waals surface area (Å²) in [5, 5.41) is -0.436. The molecule has 2 aromatic carbocycles. The lowest BCUT2D eigenvalue weighted by molar-refractivity contribution is -0.149. The molecule has 0 bridgehead atoms. The van der Waals surface area contributed by atoms with Crippen molar-refractivity contribution in [2.75, 3.05) is 13.2 Å². The van der Waals surface area contributed by atoms with Crippen LogP contribution in [0.5, 0.6) is 0 Å². The van der Waals surface area contributed by atoms with Crippen molar-refractivity contribution in [2.45, 2.75) is 23.0 Å². The summed E-state index contributed by atoms with van der Waals surface area (Å²) in [6.45, 7) is 1.73. The van der Waals surface area contributed by atoms with Crippen LogP contribution in [-0.4, -0.2) is 32.8 Å². The summed E-state index contributed by atoms with van der Waals surface area (Å²) < 4.78 is 31.7. The second kappa shape index (κ2) is 7.02. The van der Waals surface area contributed by atoms with Crippen LogP contribution in [0.4, 0.5) is 0 Å². The lowest BCUT2D eigenvalue weighted by Gasteiger charge is -2.14. The molecule has 7 heteroatoms. The third kappa shape index (κ3) is 2.92. The Labute approximate surface area is 158 Å². The molecular weight excluding hydrogens is 374 g/mol. The van der Waals surface area contributed by atoms with Gasteiger partial charge < -0.3 is 10.5 Å². The van der Waals surface area contributed by atoms with Crippen LogP contribution >= 0.6 is 11.6 Å². The standard InChI is InChI=1S/C19H20ClNO4S/c1-2-25-18(22)19(12-21)16(13-8-10-14(20)11-9-13)17(19)26(23,24)15-6-4-3-5-7-15/h3-11,16-17H,2,12,21H2,1H3/t16-,17-,19-/m0/s1. The van der Waals surface area contributed by atoms with Gasteiger partial charge in [-0.2, -0.15) is 0 Å². The Balaban J connectivity index is 2.11. The fourth-order valence-corrected chi connectivity index (χ4v) is 6.12. The normalized spacial score (nSPS) is 24.9. The molecule has 0 saturated heterocycles. The largest absolute Gasteiger partial charge is 0.465 e. The van der Waals surface area contributed by atoms with Gasteiger partial charge in [-0.15, -0.1) is 0 Å². The monoisotopic (exact) mass is 393 g/mol. The Hall–Kier alpha value is -1.89. The van der Waals surface area contributed by atoms with E-state index in [1.807, 2.05) is 0 Å². The number of rotatable bonds is 6. The maximum absolute atomic E-state index is 13.2. The van der Waals surface area contributed by atoms with Crippen molar-refractivity contribution >= 4 is 27.4 Å². The molecule has 3 rings (SSSR count). The van der Waals surface area contributed by atoms with Crippen LogP contribution in [0.25, 0.3) is 0 Å². The minimum Gasteiger partial charge on any atom is -0.465 e. The van der Waals surface area contributed by atoms with Crippen LogP contribution in [0.15, 0.2) is 59.5 Å². The van der Waals surface area contributed by atoms with Crippen LogP contribution in [0.2, 0.25) is 5.02 Å². The summed E-state index contributed by atoms with van der Waals surface area (Å²) in [5.41, 5.74) is 5.34. The molecule has 3 atom stereocenters. The minimum absolute atomic E-state index is 0.115. The average Bonchev–Trinajstić information content (AvgIpc) is 3.35. The predicted molar refractivity (Wildman–Crippen MR) is 99.7 cm³/mol. The van der Waals surface area contributed by atoms with Crippen molar-refractivity contribution in [2.24, 2.45) is 11.1 Å². The molecule has 138 valence electrons. The molecule has 0 aromatic heterocycles. The van der Waals surface area contributed by atoms with Crippen LogP contribution in [-0.2, 0) is 19.4 Å². The van der Waals surface area contributed by atoms with E-state index in [0.29, 0.717) is 10.6 Å². The first kappa shape index (κ1) is 18.9. The molecule has 5 nitrogen and oxygen atoms in total. The fourth-order valence-electron chi connectivity index (χ4n) is 3.59. The topological polar surface area (TPSA) is 86.5 Å². The van der Waals surface area contributed by atoms with Gasteiger partial charge in [0.1, 0.15) is 5.41 Å². The zero-order valence-corrected chi connectivity index (χ0v) is 15.8. The summed E-state index contributed by atoms with van der Waals surface area (Å²) in [6, 6.07) is 14.9. The molecule has 0 unspecified atom stereocenters. The van der Waals surface area contributed by atoms with Gasteiger partial charge in [-0.05, 0) is 36.8 Å². The lowest BCUT2D eigenvalue weighted by Crippen LogP contribution is -2.33. The molecule has 0 heterocycles.